The average Bonchev–Trinajstić information content (AvgIpc) is 3.03. The smallest absolute Gasteiger partial charge is 0.325 e. The Labute approximate surface area is 157 Å². The maximum absolute atomic E-state index is 10.9. The number of benzene rings is 1. The van der Waals surface area contributed by atoms with Gasteiger partial charge in [-0.15, -0.1) is 0 Å². The molecular weight excluding hydrogens is 367 g/mol. The van der Waals surface area contributed by atoms with Crippen LogP contribution in [0.5, 0.6) is 5.88 Å². The normalized spacial score (nSPS) is 12.0. The SMILES string of the molecule is CN(CCCP(=O)(O)O)Cc1c[nH]c2c(OCc3ccccc3)ncnc12. The zero-order chi connectivity index (χ0) is 19.3. The molecule has 0 unspecified atom stereocenters. The molecule has 9 heteroatoms. The van der Waals surface area contributed by atoms with Gasteiger partial charge >= 0.3 is 7.60 Å². The van der Waals surface area contributed by atoms with E-state index >= 15 is 0 Å². The monoisotopic (exact) mass is 390 g/mol. The second-order valence-electron chi connectivity index (χ2n) is 6.47. The summed E-state index contributed by atoms with van der Waals surface area (Å²) in [5.74, 6) is 0.499. The Morgan fingerprint density at radius 1 is 1.22 bits per heavy atom. The van der Waals surface area contributed by atoms with E-state index in [1.54, 1.807) is 0 Å². The first kappa shape index (κ1) is 19.5. The summed E-state index contributed by atoms with van der Waals surface area (Å²) >= 11 is 0. The second kappa shape index (κ2) is 8.63. The number of ether oxygens (including phenoxy) is 1. The summed E-state index contributed by atoms with van der Waals surface area (Å²) in [5, 5.41) is 0. The largest absolute Gasteiger partial charge is 0.471 e. The van der Waals surface area contributed by atoms with E-state index in [9.17, 15) is 4.57 Å². The lowest BCUT2D eigenvalue weighted by Crippen LogP contribution is -2.19. The number of rotatable bonds is 9. The number of nitrogens with zero attached hydrogens (tertiary/aromatic N) is 3. The average molecular weight is 390 g/mol. The van der Waals surface area contributed by atoms with Gasteiger partial charge in [0, 0.05) is 18.3 Å². The highest BCUT2D eigenvalue weighted by atomic mass is 31.2. The van der Waals surface area contributed by atoms with Gasteiger partial charge in [-0.2, -0.15) is 4.98 Å². The summed E-state index contributed by atoms with van der Waals surface area (Å²) in [6, 6.07) is 9.86. The molecule has 0 fully saturated rings. The first-order valence-electron chi connectivity index (χ1n) is 8.63. The summed E-state index contributed by atoms with van der Waals surface area (Å²) in [5.41, 5.74) is 3.57. The van der Waals surface area contributed by atoms with Crippen LogP contribution in [0.4, 0.5) is 0 Å². The number of fused-ring (bicyclic) bond motifs is 1. The molecule has 0 radical (unpaired) electrons. The maximum Gasteiger partial charge on any atom is 0.325 e. The van der Waals surface area contributed by atoms with E-state index < -0.39 is 7.60 Å². The molecule has 0 aliphatic heterocycles. The van der Waals surface area contributed by atoms with Crippen LogP contribution in [0.25, 0.3) is 11.0 Å². The van der Waals surface area contributed by atoms with E-state index in [4.69, 9.17) is 14.5 Å². The first-order chi connectivity index (χ1) is 12.9. The Kier molecular flexibility index (Phi) is 6.23. The molecule has 0 atom stereocenters. The Balaban J connectivity index is 1.65. The van der Waals surface area contributed by atoms with Crippen LogP contribution in [0.1, 0.15) is 17.5 Å². The highest BCUT2D eigenvalue weighted by Gasteiger charge is 2.15. The maximum atomic E-state index is 10.9. The standard InChI is InChI=1S/C18H23N4O4P/c1-22(8-5-9-27(23,24)25)11-15-10-19-17-16(15)20-13-21-18(17)26-12-14-6-3-2-4-7-14/h2-4,6-7,10,13,19H,5,8-9,11-12H2,1H3,(H2,23,24,25). The third kappa shape index (κ3) is 5.61. The molecule has 3 rings (SSSR count). The van der Waals surface area contributed by atoms with Crippen molar-refractivity contribution in [2.24, 2.45) is 0 Å². The highest BCUT2D eigenvalue weighted by molar-refractivity contribution is 7.51. The number of nitrogens with one attached hydrogen (secondary N) is 1. The Morgan fingerprint density at radius 3 is 2.74 bits per heavy atom. The van der Waals surface area contributed by atoms with Crippen molar-refractivity contribution in [3.05, 3.63) is 54.0 Å². The van der Waals surface area contributed by atoms with Gasteiger partial charge in [-0.1, -0.05) is 30.3 Å². The molecule has 0 amide bonds. The van der Waals surface area contributed by atoms with Crippen molar-refractivity contribution in [1.82, 2.24) is 19.9 Å². The fourth-order valence-corrected chi connectivity index (χ4v) is 3.40. The molecule has 0 aliphatic rings. The predicted molar refractivity (Wildman–Crippen MR) is 103 cm³/mol. The fraction of sp³-hybridized carbons (Fsp3) is 0.333. The molecule has 0 saturated carbocycles. The third-order valence-electron chi connectivity index (χ3n) is 4.16. The second-order valence-corrected chi connectivity index (χ2v) is 8.25. The van der Waals surface area contributed by atoms with Crippen molar-refractivity contribution >= 4 is 18.6 Å². The van der Waals surface area contributed by atoms with Gasteiger partial charge in [0.05, 0.1) is 11.7 Å². The number of aromatic amines is 1. The molecule has 8 nitrogen and oxygen atoms in total. The third-order valence-corrected chi connectivity index (χ3v) is 5.05. The van der Waals surface area contributed by atoms with Crippen molar-refractivity contribution in [2.75, 3.05) is 19.8 Å². The van der Waals surface area contributed by atoms with E-state index in [2.05, 4.69) is 15.0 Å². The fourth-order valence-electron chi connectivity index (χ4n) is 2.84. The number of H-pyrrole nitrogens is 1. The Hall–Kier alpha value is -2.25. The van der Waals surface area contributed by atoms with E-state index in [1.165, 1.54) is 6.33 Å². The lowest BCUT2D eigenvalue weighted by atomic mass is 10.2. The molecule has 27 heavy (non-hydrogen) atoms. The van der Waals surface area contributed by atoms with Crippen LogP contribution < -0.4 is 4.74 Å². The van der Waals surface area contributed by atoms with Crippen LogP contribution in [-0.4, -0.2) is 49.4 Å². The van der Waals surface area contributed by atoms with Crippen LogP contribution in [0.2, 0.25) is 0 Å². The van der Waals surface area contributed by atoms with Crippen molar-refractivity contribution < 1.29 is 19.1 Å². The molecule has 2 heterocycles. The van der Waals surface area contributed by atoms with Crippen LogP contribution in [0.15, 0.2) is 42.9 Å². The minimum Gasteiger partial charge on any atom is -0.471 e. The van der Waals surface area contributed by atoms with Crippen molar-refractivity contribution in [1.29, 1.82) is 0 Å². The van der Waals surface area contributed by atoms with Crippen LogP contribution in [-0.2, 0) is 17.7 Å². The minimum atomic E-state index is -3.94. The van der Waals surface area contributed by atoms with Gasteiger partial charge in [-0.3, -0.25) is 4.57 Å². The molecule has 0 spiro atoms. The molecule has 0 saturated heterocycles. The van der Waals surface area contributed by atoms with Crippen LogP contribution >= 0.6 is 7.60 Å². The first-order valence-corrected chi connectivity index (χ1v) is 10.4. The topological polar surface area (TPSA) is 112 Å². The molecule has 1 aromatic carbocycles. The van der Waals surface area contributed by atoms with Crippen molar-refractivity contribution in [3.8, 4) is 5.88 Å². The zero-order valence-electron chi connectivity index (χ0n) is 15.1. The Bertz CT molecular complexity index is 926. The summed E-state index contributed by atoms with van der Waals surface area (Å²) in [6.07, 6.45) is 3.68. The quantitative estimate of drug-likeness (QED) is 0.481. The van der Waals surface area contributed by atoms with Gasteiger partial charge in [0.2, 0.25) is 5.88 Å². The molecule has 0 aliphatic carbocycles. The van der Waals surface area contributed by atoms with E-state index in [0.717, 1.165) is 22.2 Å². The highest BCUT2D eigenvalue weighted by Crippen LogP contribution is 2.34. The number of aromatic nitrogens is 3. The van der Waals surface area contributed by atoms with Crippen molar-refractivity contribution in [3.63, 3.8) is 0 Å². The predicted octanol–water partition coefficient (Wildman–Crippen LogP) is 2.54. The Morgan fingerprint density at radius 2 is 2.00 bits per heavy atom. The van der Waals surface area contributed by atoms with E-state index in [-0.39, 0.29) is 6.16 Å². The number of hydrogen-bond donors (Lipinski definition) is 3. The van der Waals surface area contributed by atoms with Gasteiger partial charge in [0.1, 0.15) is 18.5 Å². The minimum absolute atomic E-state index is 0.106. The number of hydrogen-bond acceptors (Lipinski definition) is 5. The van der Waals surface area contributed by atoms with Gasteiger partial charge in [-0.25, -0.2) is 4.98 Å². The lowest BCUT2D eigenvalue weighted by Gasteiger charge is -2.16. The summed E-state index contributed by atoms with van der Waals surface area (Å²) in [6.45, 7) is 1.61. The molecule has 3 aromatic rings. The van der Waals surface area contributed by atoms with Gasteiger partial charge in [0.15, 0.2) is 0 Å². The molecule has 144 valence electrons. The molecular formula is C18H23N4O4P. The molecule has 3 N–H and O–H groups in total. The van der Waals surface area contributed by atoms with Crippen LogP contribution in [0.3, 0.4) is 0 Å². The lowest BCUT2D eigenvalue weighted by molar-refractivity contribution is 0.297. The van der Waals surface area contributed by atoms with Gasteiger partial charge in [-0.05, 0) is 25.6 Å². The van der Waals surface area contributed by atoms with E-state index in [0.29, 0.717) is 32.0 Å². The summed E-state index contributed by atoms with van der Waals surface area (Å²) in [7, 11) is -2.03. The zero-order valence-corrected chi connectivity index (χ0v) is 16.0. The molecule has 0 bridgehead atoms. The molecule has 2 aromatic heterocycles. The van der Waals surface area contributed by atoms with Gasteiger partial charge in [0.25, 0.3) is 0 Å². The van der Waals surface area contributed by atoms with E-state index in [1.807, 2.05) is 48.5 Å². The van der Waals surface area contributed by atoms with Crippen molar-refractivity contribution in [2.45, 2.75) is 19.6 Å². The summed E-state index contributed by atoms with van der Waals surface area (Å²) in [4.78, 5) is 31.7. The van der Waals surface area contributed by atoms with Crippen LogP contribution in [0, 0.1) is 0 Å². The summed E-state index contributed by atoms with van der Waals surface area (Å²) < 4.78 is 16.8. The van der Waals surface area contributed by atoms with Gasteiger partial charge < -0.3 is 24.4 Å².